The largest absolute Gasteiger partial charge is 0.399 e. The molecule has 1 fully saturated rings. The normalized spacial score (nSPS) is 18.2. The summed E-state index contributed by atoms with van der Waals surface area (Å²) in [6.07, 6.45) is 2.87. The Hall–Kier alpha value is -1.66. The summed E-state index contributed by atoms with van der Waals surface area (Å²) < 4.78 is 2.02. The van der Waals surface area contributed by atoms with E-state index in [4.69, 9.17) is 5.73 Å². The molecule has 0 spiro atoms. The Kier molecular flexibility index (Phi) is 3.35. The van der Waals surface area contributed by atoms with E-state index in [2.05, 4.69) is 27.0 Å². The van der Waals surface area contributed by atoms with Gasteiger partial charge in [0.1, 0.15) is 5.82 Å². The molecule has 1 aliphatic rings. The van der Waals surface area contributed by atoms with Gasteiger partial charge >= 0.3 is 0 Å². The van der Waals surface area contributed by atoms with E-state index in [0.29, 0.717) is 0 Å². The second kappa shape index (κ2) is 5.14. The van der Waals surface area contributed by atoms with Crippen LogP contribution in [0.25, 0.3) is 5.65 Å². The van der Waals surface area contributed by atoms with Crippen LogP contribution in [0.5, 0.6) is 0 Å². The van der Waals surface area contributed by atoms with Gasteiger partial charge in [0.2, 0.25) is 0 Å². The SMILES string of the molecule is CN1CCN(CCc2nnc3cc(N)ccn23)CC1. The Morgan fingerprint density at radius 3 is 2.79 bits per heavy atom. The highest BCUT2D eigenvalue weighted by Gasteiger charge is 2.14. The van der Waals surface area contributed by atoms with Gasteiger partial charge in [0.25, 0.3) is 0 Å². The molecule has 1 aliphatic heterocycles. The van der Waals surface area contributed by atoms with Crippen LogP contribution in [-0.2, 0) is 6.42 Å². The Morgan fingerprint density at radius 2 is 2.00 bits per heavy atom. The number of fused-ring (bicyclic) bond motifs is 1. The molecule has 0 amide bonds. The molecular weight excluding hydrogens is 240 g/mol. The van der Waals surface area contributed by atoms with E-state index in [9.17, 15) is 0 Å². The number of piperazine rings is 1. The van der Waals surface area contributed by atoms with Crippen molar-refractivity contribution in [2.24, 2.45) is 0 Å². The second-order valence-electron chi connectivity index (χ2n) is 5.20. The monoisotopic (exact) mass is 260 g/mol. The number of pyridine rings is 1. The first-order valence-corrected chi connectivity index (χ1v) is 6.72. The summed E-state index contributed by atoms with van der Waals surface area (Å²) in [6, 6.07) is 3.74. The van der Waals surface area contributed by atoms with Crippen LogP contribution >= 0.6 is 0 Å². The van der Waals surface area contributed by atoms with Crippen LogP contribution in [0.15, 0.2) is 18.3 Å². The topological polar surface area (TPSA) is 62.7 Å². The Bertz CT molecular complexity index is 555. The molecule has 6 heteroatoms. The number of hydrogen-bond donors (Lipinski definition) is 1. The van der Waals surface area contributed by atoms with E-state index in [0.717, 1.165) is 56.3 Å². The van der Waals surface area contributed by atoms with E-state index in [-0.39, 0.29) is 0 Å². The van der Waals surface area contributed by atoms with Crippen LogP contribution in [0.3, 0.4) is 0 Å². The molecule has 2 aromatic rings. The molecule has 0 aromatic carbocycles. The standard InChI is InChI=1S/C13H20N6/c1-17-6-8-18(9-7-17)4-3-12-15-16-13-10-11(14)2-5-19(12)13/h2,5,10H,3-4,6-9,14H2,1H3. The van der Waals surface area contributed by atoms with E-state index < -0.39 is 0 Å². The first-order chi connectivity index (χ1) is 9.22. The molecule has 0 saturated carbocycles. The van der Waals surface area contributed by atoms with Crippen LogP contribution in [0.1, 0.15) is 5.82 Å². The molecule has 0 radical (unpaired) electrons. The average molecular weight is 260 g/mol. The summed E-state index contributed by atoms with van der Waals surface area (Å²) in [5.41, 5.74) is 7.30. The lowest BCUT2D eigenvalue weighted by atomic mass is 10.3. The summed E-state index contributed by atoms with van der Waals surface area (Å²) in [7, 11) is 2.17. The number of aromatic nitrogens is 3. The van der Waals surface area contributed by atoms with E-state index >= 15 is 0 Å². The van der Waals surface area contributed by atoms with Gasteiger partial charge in [0.05, 0.1) is 0 Å². The number of hydrogen-bond acceptors (Lipinski definition) is 5. The third-order valence-corrected chi connectivity index (χ3v) is 3.75. The lowest BCUT2D eigenvalue weighted by molar-refractivity contribution is 0.155. The highest BCUT2D eigenvalue weighted by atomic mass is 15.3. The van der Waals surface area contributed by atoms with Crippen molar-refractivity contribution in [3.8, 4) is 0 Å². The van der Waals surface area contributed by atoms with Crippen molar-refractivity contribution in [1.29, 1.82) is 0 Å². The van der Waals surface area contributed by atoms with Gasteiger partial charge in [0, 0.05) is 57.1 Å². The summed E-state index contributed by atoms with van der Waals surface area (Å²) in [5.74, 6) is 1.01. The quantitative estimate of drug-likeness (QED) is 0.848. The summed E-state index contributed by atoms with van der Waals surface area (Å²) >= 11 is 0. The molecule has 102 valence electrons. The summed E-state index contributed by atoms with van der Waals surface area (Å²) in [4.78, 5) is 4.85. The van der Waals surface area contributed by atoms with Gasteiger partial charge in [-0.1, -0.05) is 0 Å². The number of likely N-dealkylation sites (N-methyl/N-ethyl adjacent to an activating group) is 1. The van der Waals surface area contributed by atoms with Gasteiger partial charge in [0.15, 0.2) is 5.65 Å². The predicted octanol–water partition coefficient (Wildman–Crippen LogP) is 0.101. The minimum Gasteiger partial charge on any atom is -0.399 e. The van der Waals surface area contributed by atoms with Gasteiger partial charge in [-0.05, 0) is 13.1 Å². The fourth-order valence-corrected chi connectivity index (χ4v) is 2.46. The van der Waals surface area contributed by atoms with Crippen LogP contribution in [-0.4, -0.2) is 64.2 Å². The predicted molar refractivity (Wildman–Crippen MR) is 75.0 cm³/mol. The van der Waals surface area contributed by atoms with Crippen molar-refractivity contribution >= 4 is 11.3 Å². The maximum atomic E-state index is 5.74. The molecule has 3 heterocycles. The molecule has 3 rings (SSSR count). The van der Waals surface area contributed by atoms with E-state index in [1.54, 1.807) is 0 Å². The first-order valence-electron chi connectivity index (χ1n) is 6.72. The fraction of sp³-hybridized carbons (Fsp3) is 0.538. The van der Waals surface area contributed by atoms with Crippen LogP contribution in [0, 0.1) is 0 Å². The van der Waals surface area contributed by atoms with Gasteiger partial charge in [-0.15, -0.1) is 10.2 Å². The molecule has 6 nitrogen and oxygen atoms in total. The second-order valence-corrected chi connectivity index (χ2v) is 5.20. The molecule has 2 aromatic heterocycles. The minimum atomic E-state index is 0.727. The molecule has 2 N–H and O–H groups in total. The lowest BCUT2D eigenvalue weighted by Crippen LogP contribution is -2.45. The molecule has 0 bridgehead atoms. The Balaban J connectivity index is 1.65. The number of nitrogens with two attached hydrogens (primary N) is 1. The Morgan fingerprint density at radius 1 is 1.21 bits per heavy atom. The zero-order valence-electron chi connectivity index (χ0n) is 11.3. The number of rotatable bonds is 3. The molecule has 19 heavy (non-hydrogen) atoms. The maximum absolute atomic E-state index is 5.74. The van der Waals surface area contributed by atoms with Crippen molar-refractivity contribution < 1.29 is 0 Å². The van der Waals surface area contributed by atoms with Crippen molar-refractivity contribution in [3.63, 3.8) is 0 Å². The van der Waals surface area contributed by atoms with E-state index in [1.165, 1.54) is 0 Å². The molecule has 0 aliphatic carbocycles. The average Bonchev–Trinajstić information content (AvgIpc) is 2.80. The van der Waals surface area contributed by atoms with Crippen LogP contribution in [0.4, 0.5) is 5.69 Å². The zero-order valence-corrected chi connectivity index (χ0v) is 11.3. The van der Waals surface area contributed by atoms with Crippen molar-refractivity contribution in [1.82, 2.24) is 24.4 Å². The van der Waals surface area contributed by atoms with Crippen LogP contribution in [0.2, 0.25) is 0 Å². The summed E-state index contributed by atoms with van der Waals surface area (Å²) in [5, 5.41) is 8.42. The van der Waals surface area contributed by atoms with Gasteiger partial charge < -0.3 is 15.5 Å². The third-order valence-electron chi connectivity index (χ3n) is 3.75. The zero-order chi connectivity index (χ0) is 13.2. The van der Waals surface area contributed by atoms with Gasteiger partial charge in [-0.3, -0.25) is 4.40 Å². The molecule has 1 saturated heterocycles. The highest BCUT2D eigenvalue weighted by molar-refractivity contribution is 5.51. The highest BCUT2D eigenvalue weighted by Crippen LogP contribution is 2.09. The smallest absolute Gasteiger partial charge is 0.162 e. The number of nitrogens with zero attached hydrogens (tertiary/aromatic N) is 5. The van der Waals surface area contributed by atoms with Crippen LogP contribution < -0.4 is 5.73 Å². The fourth-order valence-electron chi connectivity index (χ4n) is 2.46. The molecular formula is C13H20N6. The molecule has 0 atom stereocenters. The number of nitrogen functional groups attached to an aromatic ring is 1. The first kappa shape index (κ1) is 12.4. The number of anilines is 1. The minimum absolute atomic E-state index is 0.727. The van der Waals surface area contributed by atoms with Crippen molar-refractivity contribution in [2.75, 3.05) is 45.5 Å². The lowest BCUT2D eigenvalue weighted by Gasteiger charge is -2.32. The third kappa shape index (κ3) is 2.69. The Labute approximate surface area is 112 Å². The molecule has 0 unspecified atom stereocenters. The van der Waals surface area contributed by atoms with Crippen molar-refractivity contribution in [3.05, 3.63) is 24.2 Å². The maximum Gasteiger partial charge on any atom is 0.162 e. The van der Waals surface area contributed by atoms with E-state index in [1.807, 2.05) is 22.7 Å². The van der Waals surface area contributed by atoms with Gasteiger partial charge in [-0.25, -0.2) is 0 Å². The van der Waals surface area contributed by atoms with Crippen molar-refractivity contribution in [2.45, 2.75) is 6.42 Å². The summed E-state index contributed by atoms with van der Waals surface area (Å²) in [6.45, 7) is 5.62. The van der Waals surface area contributed by atoms with Gasteiger partial charge in [-0.2, -0.15) is 0 Å².